The minimum Gasteiger partial charge on any atom is -0.271 e. The fourth-order valence-corrected chi connectivity index (χ4v) is 1.92. The number of rotatable bonds is 1. The molecule has 2 rings (SSSR count). The van der Waals surface area contributed by atoms with E-state index in [1.54, 1.807) is 13.0 Å². The van der Waals surface area contributed by atoms with E-state index in [4.69, 9.17) is 0 Å². The molecule has 0 aliphatic heterocycles. The van der Waals surface area contributed by atoms with Crippen LogP contribution >= 0.6 is 22.6 Å². The first-order chi connectivity index (χ1) is 6.61. The van der Waals surface area contributed by atoms with Crippen LogP contribution in [-0.4, -0.2) is 15.1 Å². The molecule has 1 N–H and O–H groups in total. The smallest absolute Gasteiger partial charge is 0.271 e. The van der Waals surface area contributed by atoms with E-state index in [2.05, 4.69) is 32.8 Å². The topological polar surface area (TPSA) is 71.8 Å². The molecule has 72 valence electrons. The van der Waals surface area contributed by atoms with Crippen LogP contribution in [0.4, 0.5) is 5.69 Å². The van der Waals surface area contributed by atoms with E-state index in [9.17, 15) is 10.1 Å². The van der Waals surface area contributed by atoms with E-state index >= 15 is 0 Å². The van der Waals surface area contributed by atoms with Crippen LogP contribution in [0.15, 0.2) is 12.1 Å². The Morgan fingerprint density at radius 2 is 2.29 bits per heavy atom. The van der Waals surface area contributed by atoms with E-state index in [0.29, 0.717) is 11.1 Å². The van der Waals surface area contributed by atoms with Crippen molar-refractivity contribution < 1.29 is 4.92 Å². The third-order valence-corrected chi connectivity index (χ3v) is 2.86. The molecule has 5 nitrogen and oxygen atoms in total. The summed E-state index contributed by atoms with van der Waals surface area (Å²) in [5, 5.41) is 18.2. The summed E-state index contributed by atoms with van der Waals surface area (Å²) < 4.78 is 0.820. The van der Waals surface area contributed by atoms with Crippen molar-refractivity contribution in [2.24, 2.45) is 0 Å². The van der Waals surface area contributed by atoms with E-state index < -0.39 is 4.92 Å². The molecular formula is C8H6IN3O2. The first kappa shape index (κ1) is 9.38. The number of aromatic nitrogens is 2. The number of aromatic amines is 1. The van der Waals surface area contributed by atoms with Gasteiger partial charge in [-0.05, 0) is 35.6 Å². The number of benzene rings is 1. The van der Waals surface area contributed by atoms with E-state index in [0.717, 1.165) is 9.09 Å². The second-order valence-electron chi connectivity index (χ2n) is 2.92. The summed E-state index contributed by atoms with van der Waals surface area (Å²) in [5.74, 6) is 0. The molecular weight excluding hydrogens is 297 g/mol. The molecule has 0 atom stereocenters. The molecule has 0 aliphatic carbocycles. The summed E-state index contributed by atoms with van der Waals surface area (Å²) in [6.07, 6.45) is 0. The van der Waals surface area contributed by atoms with Crippen LogP contribution in [0.3, 0.4) is 0 Å². The maximum absolute atomic E-state index is 10.8. The second-order valence-corrected chi connectivity index (χ2v) is 4.00. The maximum Gasteiger partial charge on any atom is 0.300 e. The monoisotopic (exact) mass is 303 g/mol. The van der Waals surface area contributed by atoms with Crippen LogP contribution in [0.1, 0.15) is 5.56 Å². The fraction of sp³-hybridized carbons (Fsp3) is 0.125. The van der Waals surface area contributed by atoms with Gasteiger partial charge in [-0.15, -0.1) is 0 Å². The van der Waals surface area contributed by atoms with Crippen LogP contribution in [0.5, 0.6) is 0 Å². The number of hydrogen-bond acceptors (Lipinski definition) is 3. The molecule has 0 spiro atoms. The van der Waals surface area contributed by atoms with Crippen LogP contribution in [-0.2, 0) is 0 Å². The van der Waals surface area contributed by atoms with Crippen molar-refractivity contribution in [2.45, 2.75) is 6.92 Å². The molecule has 0 amide bonds. The first-order valence-electron chi connectivity index (χ1n) is 3.89. The highest BCUT2D eigenvalue weighted by Crippen LogP contribution is 2.29. The van der Waals surface area contributed by atoms with E-state index in [-0.39, 0.29) is 5.69 Å². The lowest BCUT2D eigenvalue weighted by Crippen LogP contribution is -1.92. The standard InChI is InChI=1S/C8H6IN3O2/c1-4-2-3-5-6(7(4)12(13)14)10-11-8(5)9/h2-3H,1H3,(H,10,11). The number of aryl methyl sites for hydroxylation is 1. The molecule has 0 saturated heterocycles. The Labute approximate surface area is 92.8 Å². The Balaban J connectivity index is 2.90. The first-order valence-corrected chi connectivity index (χ1v) is 4.96. The number of nitro groups is 1. The van der Waals surface area contributed by atoms with Crippen LogP contribution < -0.4 is 0 Å². The Morgan fingerprint density at radius 3 is 2.93 bits per heavy atom. The largest absolute Gasteiger partial charge is 0.300 e. The van der Waals surface area contributed by atoms with Crippen molar-refractivity contribution in [3.05, 3.63) is 31.5 Å². The van der Waals surface area contributed by atoms with Gasteiger partial charge in [0.1, 0.15) is 3.70 Å². The summed E-state index contributed by atoms with van der Waals surface area (Å²) in [6, 6.07) is 3.57. The van der Waals surface area contributed by atoms with Crippen LogP contribution in [0, 0.1) is 20.7 Å². The maximum atomic E-state index is 10.8. The molecule has 0 fully saturated rings. The molecule has 1 heterocycles. The molecule has 6 heteroatoms. The van der Waals surface area contributed by atoms with Gasteiger partial charge < -0.3 is 0 Å². The second kappa shape index (κ2) is 3.19. The zero-order chi connectivity index (χ0) is 10.3. The van der Waals surface area contributed by atoms with Crippen molar-refractivity contribution >= 4 is 39.2 Å². The van der Waals surface area contributed by atoms with Crippen molar-refractivity contribution in [1.82, 2.24) is 10.2 Å². The number of H-pyrrole nitrogens is 1. The van der Waals surface area contributed by atoms with Gasteiger partial charge in [-0.25, -0.2) is 0 Å². The number of halogens is 1. The highest BCUT2D eigenvalue weighted by Gasteiger charge is 2.19. The fourth-order valence-electron chi connectivity index (χ4n) is 1.37. The zero-order valence-corrected chi connectivity index (χ0v) is 9.40. The van der Waals surface area contributed by atoms with E-state index in [1.807, 2.05) is 6.07 Å². The summed E-state index contributed by atoms with van der Waals surface area (Å²) in [4.78, 5) is 10.4. The lowest BCUT2D eigenvalue weighted by Gasteiger charge is -1.96. The van der Waals surface area contributed by atoms with Gasteiger partial charge in [0.05, 0.1) is 4.92 Å². The third-order valence-electron chi connectivity index (χ3n) is 2.04. The average molecular weight is 303 g/mol. The summed E-state index contributed by atoms with van der Waals surface area (Å²) in [7, 11) is 0. The molecule has 1 aromatic heterocycles. The van der Waals surface area contributed by atoms with Crippen molar-refractivity contribution in [3.63, 3.8) is 0 Å². The van der Waals surface area contributed by atoms with Crippen LogP contribution in [0.2, 0.25) is 0 Å². The predicted molar refractivity (Wildman–Crippen MR) is 60.2 cm³/mol. The van der Waals surface area contributed by atoms with Crippen molar-refractivity contribution in [2.75, 3.05) is 0 Å². The number of hydrogen-bond donors (Lipinski definition) is 1. The third kappa shape index (κ3) is 1.26. The molecule has 0 bridgehead atoms. The summed E-state index contributed by atoms with van der Waals surface area (Å²) >= 11 is 2.06. The lowest BCUT2D eigenvalue weighted by atomic mass is 10.1. The van der Waals surface area contributed by atoms with Gasteiger partial charge in [0, 0.05) is 10.9 Å². The Bertz CT molecular complexity index is 521. The van der Waals surface area contributed by atoms with Gasteiger partial charge in [0.2, 0.25) is 0 Å². The molecule has 1 aromatic carbocycles. The minimum absolute atomic E-state index is 0.0849. The van der Waals surface area contributed by atoms with Gasteiger partial charge in [0.15, 0.2) is 5.52 Å². The van der Waals surface area contributed by atoms with Crippen LogP contribution in [0.25, 0.3) is 10.9 Å². The number of fused-ring (bicyclic) bond motifs is 1. The van der Waals surface area contributed by atoms with E-state index in [1.165, 1.54) is 0 Å². The van der Waals surface area contributed by atoms with Gasteiger partial charge in [0.25, 0.3) is 5.69 Å². The van der Waals surface area contributed by atoms with Gasteiger partial charge >= 0.3 is 0 Å². The molecule has 0 aliphatic rings. The molecule has 14 heavy (non-hydrogen) atoms. The highest BCUT2D eigenvalue weighted by molar-refractivity contribution is 14.1. The Morgan fingerprint density at radius 1 is 1.57 bits per heavy atom. The SMILES string of the molecule is Cc1ccc2c(I)[nH]nc2c1[N+](=O)[O-]. The highest BCUT2D eigenvalue weighted by atomic mass is 127. The lowest BCUT2D eigenvalue weighted by molar-refractivity contribution is -0.383. The number of nitrogens with one attached hydrogen (secondary N) is 1. The summed E-state index contributed by atoms with van der Waals surface area (Å²) in [5.41, 5.74) is 1.14. The molecule has 0 saturated carbocycles. The quantitative estimate of drug-likeness (QED) is 0.499. The summed E-state index contributed by atoms with van der Waals surface area (Å²) in [6.45, 7) is 1.71. The van der Waals surface area contributed by atoms with Gasteiger partial charge in [-0.1, -0.05) is 6.07 Å². The van der Waals surface area contributed by atoms with Gasteiger partial charge in [-0.3, -0.25) is 15.2 Å². The molecule has 0 radical (unpaired) electrons. The minimum atomic E-state index is -0.394. The average Bonchev–Trinajstić information content (AvgIpc) is 2.47. The zero-order valence-electron chi connectivity index (χ0n) is 7.24. The van der Waals surface area contributed by atoms with Crippen molar-refractivity contribution in [3.8, 4) is 0 Å². The Kier molecular flexibility index (Phi) is 2.14. The normalized spacial score (nSPS) is 10.7. The Hall–Kier alpha value is -1.18. The molecule has 2 aromatic rings. The van der Waals surface area contributed by atoms with Gasteiger partial charge in [-0.2, -0.15) is 5.10 Å². The number of nitrogens with zero attached hydrogens (tertiary/aromatic N) is 2. The van der Waals surface area contributed by atoms with Crippen molar-refractivity contribution in [1.29, 1.82) is 0 Å². The molecule has 0 unspecified atom stereocenters. The predicted octanol–water partition coefficient (Wildman–Crippen LogP) is 2.38. The number of nitro benzene ring substituents is 1.